The van der Waals surface area contributed by atoms with Gasteiger partial charge < -0.3 is 14.4 Å². The van der Waals surface area contributed by atoms with Crippen LogP contribution in [0.5, 0.6) is 0 Å². The largest absolute Gasteiger partial charge is 0.368 e. The highest BCUT2D eigenvalue weighted by molar-refractivity contribution is 7.18. The van der Waals surface area contributed by atoms with Crippen molar-refractivity contribution in [2.24, 2.45) is 0 Å². The van der Waals surface area contributed by atoms with Crippen LogP contribution in [0.15, 0.2) is 48.8 Å². The molecule has 0 atom stereocenters. The lowest BCUT2D eigenvalue weighted by Gasteiger charge is -2.36. The number of nitrogens with zero attached hydrogens (tertiary/aromatic N) is 5. The van der Waals surface area contributed by atoms with E-state index in [0.29, 0.717) is 5.49 Å². The molecule has 10 heteroatoms. The molecule has 0 unspecified atom stereocenters. The van der Waals surface area contributed by atoms with Crippen LogP contribution in [-0.4, -0.2) is 65.7 Å². The molecule has 0 saturated carbocycles. The van der Waals surface area contributed by atoms with Crippen molar-refractivity contribution in [3.8, 4) is 0 Å². The first-order chi connectivity index (χ1) is 16.2. The van der Waals surface area contributed by atoms with Crippen LogP contribution in [0.4, 0.5) is 5.69 Å². The first-order valence-electron chi connectivity index (χ1n) is 11.9. The summed E-state index contributed by atoms with van der Waals surface area (Å²) in [6, 6.07) is 15.3. The lowest BCUT2D eigenvalue weighted by molar-refractivity contribution is 0.246. The van der Waals surface area contributed by atoms with E-state index in [0.717, 1.165) is 69.0 Å². The van der Waals surface area contributed by atoms with E-state index >= 15 is 0 Å². The molecule has 2 aliphatic rings. The molecule has 0 radical (unpaired) electrons. The molecular weight excluding hydrogens is 535 g/mol. The molecule has 2 aromatic carbocycles. The monoisotopic (exact) mass is 566 g/mol. The number of rotatable bonds is 4. The minimum absolute atomic E-state index is 0. The van der Waals surface area contributed by atoms with Crippen LogP contribution >= 0.6 is 48.6 Å². The summed E-state index contributed by atoms with van der Waals surface area (Å²) in [6.07, 6.45) is 2.90. The molecule has 2 aliphatic heterocycles. The van der Waals surface area contributed by atoms with Gasteiger partial charge in [0, 0.05) is 68.3 Å². The fourth-order valence-electron chi connectivity index (χ4n) is 5.29. The fraction of sp³-hybridized carbons (Fsp3) is 0.385. The van der Waals surface area contributed by atoms with Gasteiger partial charge in [-0.15, -0.1) is 48.6 Å². The molecular formula is C26H33Cl3N6S. The molecule has 6 rings (SSSR count). The maximum atomic E-state index is 8.87. The number of benzene rings is 2. The summed E-state index contributed by atoms with van der Waals surface area (Å²) in [5, 5.41) is 12.6. The van der Waals surface area contributed by atoms with Crippen LogP contribution in [0.25, 0.3) is 21.0 Å². The van der Waals surface area contributed by atoms with E-state index in [9.17, 15) is 0 Å². The fourth-order valence-corrected chi connectivity index (χ4v) is 6.56. The second-order valence-electron chi connectivity index (χ2n) is 9.29. The second-order valence-corrected chi connectivity index (χ2v) is 10.4. The third-order valence-corrected chi connectivity index (χ3v) is 8.33. The number of fused-ring (bicyclic) bond motifs is 4. The van der Waals surface area contributed by atoms with Gasteiger partial charge in [0.2, 0.25) is 0 Å². The van der Waals surface area contributed by atoms with Crippen molar-refractivity contribution >= 4 is 75.2 Å². The van der Waals surface area contributed by atoms with Crippen molar-refractivity contribution in [2.45, 2.75) is 19.5 Å². The third kappa shape index (κ3) is 5.37. The Bertz CT molecular complexity index is 1370. The van der Waals surface area contributed by atoms with Gasteiger partial charge in [0.1, 0.15) is 10.3 Å². The Kier molecular flexibility index (Phi) is 9.66. The highest BCUT2D eigenvalue weighted by Crippen LogP contribution is 2.31. The molecule has 4 heterocycles. The van der Waals surface area contributed by atoms with Gasteiger partial charge in [0.25, 0.3) is 0 Å². The average molecular weight is 568 g/mol. The van der Waals surface area contributed by atoms with Crippen LogP contribution in [-0.2, 0) is 19.5 Å². The topological polar surface area (TPSA) is 51.4 Å². The Balaban J connectivity index is 0.00000120. The summed E-state index contributed by atoms with van der Waals surface area (Å²) in [5.41, 5.74) is 3.35. The maximum absolute atomic E-state index is 8.87. The molecule has 1 saturated heterocycles. The number of anilines is 1. The van der Waals surface area contributed by atoms with Crippen molar-refractivity contribution in [3.05, 3.63) is 64.7 Å². The smallest absolute Gasteiger partial charge is 0.136 e. The van der Waals surface area contributed by atoms with Gasteiger partial charge >= 0.3 is 0 Å². The number of nitrogens with one attached hydrogen (secondary N) is 1. The summed E-state index contributed by atoms with van der Waals surface area (Å²) in [4.78, 5) is 14.5. The molecule has 6 nitrogen and oxygen atoms in total. The van der Waals surface area contributed by atoms with Crippen molar-refractivity contribution in [1.82, 2.24) is 19.4 Å². The number of aromatic nitrogens is 2. The average Bonchev–Trinajstić information content (AvgIpc) is 3.22. The Morgan fingerprint density at radius 3 is 2.47 bits per heavy atom. The predicted molar refractivity (Wildman–Crippen MR) is 158 cm³/mol. The molecule has 4 aromatic rings. The van der Waals surface area contributed by atoms with E-state index in [-0.39, 0.29) is 37.2 Å². The van der Waals surface area contributed by atoms with Crippen molar-refractivity contribution in [1.29, 1.82) is 5.41 Å². The molecule has 0 bridgehead atoms. The highest BCUT2D eigenvalue weighted by Gasteiger charge is 2.22. The quantitative estimate of drug-likeness (QED) is 0.385. The van der Waals surface area contributed by atoms with E-state index in [2.05, 4.69) is 64.2 Å². The summed E-state index contributed by atoms with van der Waals surface area (Å²) in [5.74, 6) is 0. The number of hydrogen-bond acceptors (Lipinski definition) is 6. The Labute approximate surface area is 234 Å². The number of likely N-dealkylation sites (N-methyl/N-ethyl adjacent to an activating group) is 1. The van der Waals surface area contributed by atoms with Crippen LogP contribution < -0.4 is 10.4 Å². The van der Waals surface area contributed by atoms with E-state index in [1.54, 1.807) is 11.3 Å². The lowest BCUT2D eigenvalue weighted by Crippen LogP contribution is -2.47. The Morgan fingerprint density at radius 1 is 0.917 bits per heavy atom. The molecule has 194 valence electrons. The van der Waals surface area contributed by atoms with Crippen LogP contribution in [0.3, 0.4) is 0 Å². The summed E-state index contributed by atoms with van der Waals surface area (Å²) in [6.45, 7) is 8.00. The van der Waals surface area contributed by atoms with Crippen molar-refractivity contribution < 1.29 is 0 Å². The predicted octanol–water partition coefficient (Wildman–Crippen LogP) is 4.81. The van der Waals surface area contributed by atoms with Gasteiger partial charge in [-0.2, -0.15) is 0 Å². The van der Waals surface area contributed by atoms with E-state index < -0.39 is 0 Å². The summed E-state index contributed by atoms with van der Waals surface area (Å²) in [7, 11) is 2.17. The van der Waals surface area contributed by atoms with E-state index in [1.807, 2.05) is 10.9 Å². The van der Waals surface area contributed by atoms with Gasteiger partial charge in [-0.1, -0.05) is 36.4 Å². The first-order valence-corrected chi connectivity index (χ1v) is 12.7. The standard InChI is InChI=1S/C26H30N6S.3ClH/c1-29-10-9-21-23(17-29)33-26-24(21)25(27)32(18-28-26)16-13-30-11-14-31(15-12-30)22-8-4-6-19-5-2-3-7-20(19)22;;;/h2-8,18,27H,9-17H2,1H3;3*1H. The minimum Gasteiger partial charge on any atom is -0.368 e. The highest BCUT2D eigenvalue weighted by atomic mass is 35.5. The zero-order valence-corrected chi connectivity index (χ0v) is 23.6. The van der Waals surface area contributed by atoms with E-state index in [4.69, 9.17) is 10.4 Å². The van der Waals surface area contributed by atoms with Crippen molar-refractivity contribution in [2.75, 3.05) is 51.2 Å². The van der Waals surface area contributed by atoms with Crippen LogP contribution in [0.2, 0.25) is 0 Å². The summed E-state index contributed by atoms with van der Waals surface area (Å²) >= 11 is 1.77. The number of thiophene rings is 1. The van der Waals surface area contributed by atoms with Gasteiger partial charge in [-0.05, 0) is 30.5 Å². The number of halogens is 3. The van der Waals surface area contributed by atoms with Gasteiger partial charge in [0.05, 0.1) is 11.7 Å². The number of hydrogen-bond donors (Lipinski definition) is 1. The zero-order valence-electron chi connectivity index (χ0n) is 20.4. The third-order valence-electron chi connectivity index (χ3n) is 7.20. The molecule has 1 N–H and O–H groups in total. The molecule has 0 aliphatic carbocycles. The first kappa shape index (κ1) is 28.7. The normalized spacial score (nSPS) is 16.2. The van der Waals surface area contributed by atoms with Gasteiger partial charge in [-0.3, -0.25) is 10.3 Å². The lowest BCUT2D eigenvalue weighted by atomic mass is 10.1. The van der Waals surface area contributed by atoms with Gasteiger partial charge in [-0.25, -0.2) is 4.98 Å². The van der Waals surface area contributed by atoms with Crippen LogP contribution in [0, 0.1) is 5.41 Å². The molecule has 0 amide bonds. The van der Waals surface area contributed by atoms with Gasteiger partial charge in [0.15, 0.2) is 0 Å². The van der Waals surface area contributed by atoms with Crippen LogP contribution in [0.1, 0.15) is 10.4 Å². The molecule has 2 aromatic heterocycles. The van der Waals surface area contributed by atoms with Crippen molar-refractivity contribution in [3.63, 3.8) is 0 Å². The number of piperazine rings is 1. The molecule has 0 spiro atoms. The SMILES string of the molecule is CN1CCc2c(sc3ncn(CCN4CCN(c5cccc6ccccc56)CC4)c(=N)c23)C1.Cl.Cl.Cl. The summed E-state index contributed by atoms with van der Waals surface area (Å²) < 4.78 is 2.05. The maximum Gasteiger partial charge on any atom is 0.136 e. The minimum atomic E-state index is 0. The van der Waals surface area contributed by atoms with E-state index in [1.165, 1.54) is 26.9 Å². The second kappa shape index (κ2) is 12.1. The Morgan fingerprint density at radius 2 is 1.67 bits per heavy atom. The Hall–Kier alpha value is -1.87. The molecule has 36 heavy (non-hydrogen) atoms. The molecule has 1 fully saturated rings. The zero-order chi connectivity index (χ0) is 22.4.